The molecule has 1 N–H and O–H groups in total. The van der Waals surface area contributed by atoms with Gasteiger partial charge in [-0.05, 0) is 62.4 Å². The largest absolute Gasteiger partial charge is 0.493 e. The average molecular weight is 425 g/mol. The van der Waals surface area contributed by atoms with E-state index in [1.165, 1.54) is 0 Å². The number of nitrogens with one attached hydrogen (secondary N) is 1. The van der Waals surface area contributed by atoms with E-state index in [9.17, 15) is 13.6 Å². The first-order valence-electron chi connectivity index (χ1n) is 9.11. The molecule has 1 amide bonds. The Hall–Kier alpha value is -2.32. The number of hydrogen-bond acceptors (Lipinski definition) is 5. The number of anilines is 1. The van der Waals surface area contributed by atoms with Crippen LogP contribution < -0.4 is 14.8 Å². The molecule has 0 saturated heterocycles. The van der Waals surface area contributed by atoms with Crippen LogP contribution in [0.15, 0.2) is 47.4 Å². The predicted molar refractivity (Wildman–Crippen MR) is 112 cm³/mol. The fourth-order valence-electron chi connectivity index (χ4n) is 2.70. The van der Waals surface area contributed by atoms with Gasteiger partial charge in [0.2, 0.25) is 5.91 Å². The number of rotatable bonds is 10. The number of amides is 1. The zero-order valence-corrected chi connectivity index (χ0v) is 17.8. The minimum atomic E-state index is -2.46. The number of hydrogen-bond donors (Lipinski definition) is 1. The Labute approximate surface area is 174 Å². The van der Waals surface area contributed by atoms with E-state index < -0.39 is 5.76 Å². The van der Waals surface area contributed by atoms with Crippen molar-refractivity contribution >= 4 is 23.4 Å². The van der Waals surface area contributed by atoms with E-state index in [1.54, 1.807) is 38.5 Å². The number of carbonyl (C=O) groups excluding carboxylic acids is 1. The topological polar surface area (TPSA) is 50.8 Å². The maximum atomic E-state index is 12.5. The second-order valence-corrected chi connectivity index (χ2v) is 7.55. The van der Waals surface area contributed by atoms with Gasteiger partial charge in [-0.25, -0.2) is 0 Å². The van der Waals surface area contributed by atoms with Crippen LogP contribution in [0.5, 0.6) is 11.5 Å². The van der Waals surface area contributed by atoms with E-state index in [2.05, 4.69) is 5.32 Å². The fourth-order valence-corrected chi connectivity index (χ4v) is 3.20. The molecule has 0 aliphatic heterocycles. The molecule has 0 aromatic heterocycles. The number of benzene rings is 2. The Kier molecular flexibility index (Phi) is 8.72. The number of ether oxygens (including phenoxy) is 2. The lowest BCUT2D eigenvalue weighted by Gasteiger charge is -2.24. The Morgan fingerprint density at radius 1 is 1.10 bits per heavy atom. The molecule has 0 unspecified atom stereocenters. The lowest BCUT2D eigenvalue weighted by atomic mass is 10.1. The molecule has 0 saturated carbocycles. The fraction of sp³-hybridized carbons (Fsp3) is 0.381. The molecule has 0 bridgehead atoms. The van der Waals surface area contributed by atoms with Gasteiger partial charge in [0, 0.05) is 17.1 Å². The van der Waals surface area contributed by atoms with Crippen LogP contribution in [0.25, 0.3) is 0 Å². The monoisotopic (exact) mass is 424 g/mol. The number of alkyl halides is 2. The van der Waals surface area contributed by atoms with Crippen molar-refractivity contribution in [1.82, 2.24) is 4.90 Å². The summed E-state index contributed by atoms with van der Waals surface area (Å²) in [6.07, 6.45) is 0.744. The van der Waals surface area contributed by atoms with Gasteiger partial charge in [-0.3, -0.25) is 9.69 Å². The summed E-state index contributed by atoms with van der Waals surface area (Å²) in [5, 5.41) is 2.82. The Balaban J connectivity index is 1.88. The van der Waals surface area contributed by atoms with E-state index in [0.717, 1.165) is 12.0 Å². The van der Waals surface area contributed by atoms with Crippen LogP contribution in [0.3, 0.4) is 0 Å². The number of carbonyl (C=O) groups is 1. The highest BCUT2D eigenvalue weighted by Crippen LogP contribution is 2.28. The normalized spacial score (nSPS) is 12.1. The molecular weight excluding hydrogens is 398 g/mol. The molecule has 0 spiro atoms. The van der Waals surface area contributed by atoms with Crippen molar-refractivity contribution in [3.63, 3.8) is 0 Å². The quantitative estimate of drug-likeness (QED) is 0.569. The molecule has 8 heteroatoms. The third-order valence-corrected chi connectivity index (χ3v) is 5.31. The van der Waals surface area contributed by atoms with E-state index in [4.69, 9.17) is 9.47 Å². The SMILES string of the molecule is COc1ccc(CCN(C)[C@@H](C)C(=O)Nc2ccc(SC(F)F)cc2)cc1OC. The van der Waals surface area contributed by atoms with Crippen LogP contribution in [-0.2, 0) is 11.2 Å². The minimum Gasteiger partial charge on any atom is -0.493 e. The molecule has 0 aliphatic carbocycles. The van der Waals surface area contributed by atoms with E-state index in [0.29, 0.717) is 40.4 Å². The maximum absolute atomic E-state index is 12.5. The van der Waals surface area contributed by atoms with Crippen LogP contribution in [0.4, 0.5) is 14.5 Å². The van der Waals surface area contributed by atoms with Gasteiger partial charge < -0.3 is 14.8 Å². The molecule has 0 fully saturated rings. The third-order valence-electron chi connectivity index (χ3n) is 4.59. The zero-order valence-electron chi connectivity index (χ0n) is 16.9. The smallest absolute Gasteiger partial charge is 0.288 e. The van der Waals surface area contributed by atoms with Gasteiger partial charge in [-0.1, -0.05) is 17.8 Å². The molecule has 2 aromatic carbocycles. The van der Waals surface area contributed by atoms with E-state index in [-0.39, 0.29) is 11.9 Å². The number of nitrogens with zero attached hydrogens (tertiary/aromatic N) is 1. The molecule has 5 nitrogen and oxygen atoms in total. The van der Waals surface area contributed by atoms with Crippen molar-refractivity contribution in [3.05, 3.63) is 48.0 Å². The van der Waals surface area contributed by atoms with Crippen LogP contribution in [0.1, 0.15) is 12.5 Å². The molecule has 1 atom stereocenters. The van der Waals surface area contributed by atoms with Crippen molar-refractivity contribution < 1.29 is 23.0 Å². The van der Waals surface area contributed by atoms with Crippen LogP contribution in [-0.4, -0.2) is 50.4 Å². The van der Waals surface area contributed by atoms with Crippen molar-refractivity contribution in [2.45, 2.75) is 30.0 Å². The summed E-state index contributed by atoms with van der Waals surface area (Å²) in [4.78, 5) is 14.9. The Morgan fingerprint density at radius 3 is 2.34 bits per heavy atom. The number of likely N-dealkylation sites (N-methyl/N-ethyl adjacent to an activating group) is 1. The lowest BCUT2D eigenvalue weighted by molar-refractivity contribution is -0.120. The second kappa shape index (κ2) is 11.0. The summed E-state index contributed by atoms with van der Waals surface area (Å²) in [7, 11) is 5.07. The van der Waals surface area contributed by atoms with E-state index >= 15 is 0 Å². The van der Waals surface area contributed by atoms with Gasteiger partial charge in [-0.2, -0.15) is 8.78 Å². The van der Waals surface area contributed by atoms with Crippen molar-refractivity contribution in [1.29, 1.82) is 0 Å². The van der Waals surface area contributed by atoms with Crippen LogP contribution >= 0.6 is 11.8 Å². The summed E-state index contributed by atoms with van der Waals surface area (Å²) < 4.78 is 35.3. The molecule has 0 radical (unpaired) electrons. The second-order valence-electron chi connectivity index (χ2n) is 6.49. The van der Waals surface area contributed by atoms with Gasteiger partial charge in [0.15, 0.2) is 11.5 Å². The predicted octanol–water partition coefficient (Wildman–Crippen LogP) is 4.52. The molecular formula is C21H26F2N2O3S. The van der Waals surface area contributed by atoms with Crippen molar-refractivity contribution in [2.75, 3.05) is 33.1 Å². The van der Waals surface area contributed by atoms with Gasteiger partial charge in [0.05, 0.1) is 20.3 Å². The van der Waals surface area contributed by atoms with Crippen molar-refractivity contribution in [2.24, 2.45) is 0 Å². The van der Waals surface area contributed by atoms with Gasteiger partial charge in [-0.15, -0.1) is 0 Å². The van der Waals surface area contributed by atoms with Gasteiger partial charge >= 0.3 is 0 Å². The zero-order chi connectivity index (χ0) is 21.4. The summed E-state index contributed by atoms with van der Waals surface area (Å²) in [5.74, 6) is -1.27. The Morgan fingerprint density at radius 2 is 1.76 bits per heavy atom. The Bertz CT molecular complexity index is 803. The van der Waals surface area contributed by atoms with Crippen molar-refractivity contribution in [3.8, 4) is 11.5 Å². The molecule has 29 heavy (non-hydrogen) atoms. The minimum absolute atomic E-state index is 0.158. The molecule has 2 rings (SSSR count). The molecule has 158 valence electrons. The average Bonchev–Trinajstić information content (AvgIpc) is 2.72. The first kappa shape index (κ1) is 23.0. The highest BCUT2D eigenvalue weighted by molar-refractivity contribution is 7.99. The maximum Gasteiger partial charge on any atom is 0.288 e. The number of methoxy groups -OCH3 is 2. The summed E-state index contributed by atoms with van der Waals surface area (Å²) in [5.41, 5.74) is 1.66. The van der Waals surface area contributed by atoms with E-state index in [1.807, 2.05) is 37.1 Å². The summed E-state index contributed by atoms with van der Waals surface area (Å²) in [6, 6.07) is 11.8. The molecule has 0 aliphatic rings. The molecule has 0 heterocycles. The summed E-state index contributed by atoms with van der Waals surface area (Å²) >= 11 is 0.475. The molecule has 2 aromatic rings. The van der Waals surface area contributed by atoms with Gasteiger partial charge in [0.1, 0.15) is 0 Å². The van der Waals surface area contributed by atoms with Crippen LogP contribution in [0, 0.1) is 0 Å². The first-order valence-corrected chi connectivity index (χ1v) is 9.99. The number of thioether (sulfide) groups is 1. The standard InChI is InChI=1S/C21H26F2N2O3S/c1-14(20(26)24-16-6-8-17(9-7-16)29-21(22)23)25(2)12-11-15-5-10-18(27-3)19(13-15)28-4/h5-10,13-14,21H,11-12H2,1-4H3,(H,24,26)/t14-/m0/s1. The third kappa shape index (κ3) is 6.90. The van der Waals surface area contributed by atoms with Crippen LogP contribution in [0.2, 0.25) is 0 Å². The highest BCUT2D eigenvalue weighted by atomic mass is 32.2. The van der Waals surface area contributed by atoms with Gasteiger partial charge in [0.25, 0.3) is 5.76 Å². The summed E-state index contributed by atoms with van der Waals surface area (Å²) in [6.45, 7) is 2.50. The first-order chi connectivity index (χ1) is 13.8. The number of halogens is 2. The highest BCUT2D eigenvalue weighted by Gasteiger charge is 2.18. The lowest BCUT2D eigenvalue weighted by Crippen LogP contribution is -2.40.